The van der Waals surface area contributed by atoms with Crippen LogP contribution in [0, 0.1) is 0 Å². The molecule has 0 fully saturated rings. The van der Waals surface area contributed by atoms with Crippen molar-refractivity contribution >= 4 is 82.0 Å². The van der Waals surface area contributed by atoms with Crippen LogP contribution in [-0.2, 0) is 0 Å². The van der Waals surface area contributed by atoms with E-state index in [0.717, 1.165) is 60.8 Å². The van der Waals surface area contributed by atoms with Gasteiger partial charge in [-0.1, -0.05) is 97.1 Å². The quantitative estimate of drug-likeness (QED) is 0.186. The fraction of sp³-hybridized carbons (Fsp3) is 0. The van der Waals surface area contributed by atoms with E-state index in [0.29, 0.717) is 5.95 Å². The van der Waals surface area contributed by atoms with Gasteiger partial charge in [-0.3, -0.25) is 8.97 Å². The number of fused-ring (bicyclic) bond motifs is 14. The van der Waals surface area contributed by atoms with Gasteiger partial charge in [0.15, 0.2) is 0 Å². The molecule has 0 N–H and O–H groups in total. The van der Waals surface area contributed by atoms with Crippen molar-refractivity contribution in [3.63, 3.8) is 0 Å². The first kappa shape index (κ1) is 24.8. The van der Waals surface area contributed by atoms with Crippen molar-refractivity contribution < 1.29 is 4.42 Å². The summed E-state index contributed by atoms with van der Waals surface area (Å²) in [4.78, 5) is 10.7. The van der Waals surface area contributed by atoms with Crippen LogP contribution in [0.15, 0.2) is 150 Å². The summed E-state index contributed by atoms with van der Waals surface area (Å²) in [6.45, 7) is 0. The number of hydrogen-bond acceptors (Lipinski definition) is 3. The van der Waals surface area contributed by atoms with E-state index in [1.165, 1.54) is 32.4 Å². The molecule has 11 rings (SSSR count). The maximum atomic E-state index is 6.17. The molecule has 0 aliphatic heterocycles. The van der Waals surface area contributed by atoms with E-state index in [2.05, 4.69) is 136 Å². The van der Waals surface area contributed by atoms with E-state index >= 15 is 0 Å². The topological polar surface area (TPSA) is 48.3 Å². The van der Waals surface area contributed by atoms with Gasteiger partial charge in [-0.2, -0.15) is 0 Å². The van der Waals surface area contributed by atoms with Crippen LogP contribution in [0.1, 0.15) is 0 Å². The van der Waals surface area contributed by atoms with Crippen molar-refractivity contribution in [3.05, 3.63) is 146 Å². The average molecular weight is 601 g/mol. The zero-order valence-electron chi connectivity index (χ0n) is 25.1. The molecule has 5 nitrogen and oxygen atoms in total. The third-order valence-corrected chi connectivity index (χ3v) is 9.70. The molecule has 0 amide bonds. The van der Waals surface area contributed by atoms with Crippen LogP contribution < -0.4 is 0 Å². The Morgan fingerprint density at radius 1 is 0.426 bits per heavy atom. The van der Waals surface area contributed by atoms with Crippen molar-refractivity contribution in [2.75, 3.05) is 0 Å². The summed E-state index contributed by atoms with van der Waals surface area (Å²) >= 11 is 0. The van der Waals surface area contributed by atoms with Gasteiger partial charge in [0.2, 0.25) is 5.95 Å². The number of para-hydroxylation sites is 4. The van der Waals surface area contributed by atoms with Crippen LogP contribution in [0.2, 0.25) is 0 Å². The number of furan rings is 1. The highest BCUT2D eigenvalue weighted by Gasteiger charge is 2.22. The van der Waals surface area contributed by atoms with Crippen molar-refractivity contribution in [3.8, 4) is 17.2 Å². The van der Waals surface area contributed by atoms with E-state index in [4.69, 9.17) is 14.4 Å². The maximum absolute atomic E-state index is 6.17. The van der Waals surface area contributed by atoms with Gasteiger partial charge in [-0.15, -0.1) is 0 Å². The van der Waals surface area contributed by atoms with E-state index in [9.17, 15) is 0 Å². The van der Waals surface area contributed by atoms with E-state index in [1.54, 1.807) is 0 Å². The van der Waals surface area contributed by atoms with Crippen molar-refractivity contribution in [2.45, 2.75) is 0 Å². The van der Waals surface area contributed by atoms with Gasteiger partial charge in [0.1, 0.15) is 16.8 Å². The SMILES string of the molecule is c1ccc2c(-c3ccc4oc5ccccc5c4c3)nc(-n3c4ccccc4c4cc5c6ccccc6c6ccccc6n5c43)nc2c1. The molecule has 5 heteroatoms. The van der Waals surface area contributed by atoms with Crippen LogP contribution in [0.4, 0.5) is 0 Å². The summed E-state index contributed by atoms with van der Waals surface area (Å²) in [7, 11) is 0. The predicted octanol–water partition coefficient (Wildman–Crippen LogP) is 10.9. The summed E-state index contributed by atoms with van der Waals surface area (Å²) in [6, 6.07) is 51.2. The second-order valence-electron chi connectivity index (χ2n) is 12.2. The Bertz CT molecular complexity index is 3090. The first-order valence-corrected chi connectivity index (χ1v) is 15.8. The minimum absolute atomic E-state index is 0.638. The van der Waals surface area contributed by atoms with Crippen molar-refractivity contribution in [2.24, 2.45) is 0 Å². The number of pyridine rings is 1. The Labute approximate surface area is 267 Å². The number of hydrogen-bond donors (Lipinski definition) is 0. The minimum Gasteiger partial charge on any atom is -0.456 e. The normalized spacial score (nSPS) is 12.3. The average Bonchev–Trinajstić information content (AvgIpc) is 3.80. The molecule has 0 spiro atoms. The molecule has 5 heterocycles. The Kier molecular flexibility index (Phi) is 4.78. The standard InChI is InChI=1S/C42H24N4O/c1-2-13-28-26(11-1)27-12-4-8-18-35(27)45-37(28)24-33-29-14-5-9-19-36(29)46(41(33)45)42-43-34-17-7-3-16-31(34)40(44-42)25-21-22-39-32(23-25)30-15-6-10-20-38(30)47-39/h1-24H. The van der Waals surface area contributed by atoms with Gasteiger partial charge >= 0.3 is 0 Å². The molecular formula is C42H24N4O. The van der Waals surface area contributed by atoms with Gasteiger partial charge < -0.3 is 4.42 Å². The maximum Gasteiger partial charge on any atom is 0.236 e. The van der Waals surface area contributed by atoms with Gasteiger partial charge in [0.05, 0.1) is 27.8 Å². The highest BCUT2D eigenvalue weighted by atomic mass is 16.3. The van der Waals surface area contributed by atoms with Crippen LogP contribution >= 0.6 is 0 Å². The van der Waals surface area contributed by atoms with Crippen molar-refractivity contribution in [1.29, 1.82) is 0 Å². The van der Waals surface area contributed by atoms with E-state index in [-0.39, 0.29) is 0 Å². The molecule has 0 atom stereocenters. The lowest BCUT2D eigenvalue weighted by Crippen LogP contribution is -2.05. The highest BCUT2D eigenvalue weighted by molar-refractivity contribution is 6.19. The molecule has 0 saturated heterocycles. The van der Waals surface area contributed by atoms with Crippen LogP contribution in [0.3, 0.4) is 0 Å². The number of nitrogens with zero attached hydrogens (tertiary/aromatic N) is 4. The Morgan fingerprint density at radius 2 is 1.04 bits per heavy atom. The predicted molar refractivity (Wildman–Crippen MR) is 193 cm³/mol. The molecule has 11 aromatic rings. The molecule has 0 saturated carbocycles. The molecule has 0 unspecified atom stereocenters. The van der Waals surface area contributed by atoms with Crippen LogP contribution in [-0.4, -0.2) is 18.9 Å². The molecule has 0 aliphatic rings. The third-order valence-electron chi connectivity index (χ3n) is 9.70. The summed E-state index contributed by atoms with van der Waals surface area (Å²) in [5, 5.41) is 9.21. The summed E-state index contributed by atoms with van der Waals surface area (Å²) < 4.78 is 10.8. The monoisotopic (exact) mass is 600 g/mol. The number of benzene rings is 6. The van der Waals surface area contributed by atoms with Crippen molar-refractivity contribution in [1.82, 2.24) is 18.9 Å². The zero-order valence-corrected chi connectivity index (χ0v) is 25.1. The molecule has 0 bridgehead atoms. The Balaban J connectivity index is 1.29. The second kappa shape index (κ2) is 9.05. The Hall–Kier alpha value is -6.46. The lowest BCUT2D eigenvalue weighted by molar-refractivity contribution is 0.669. The second-order valence-corrected chi connectivity index (χ2v) is 12.2. The molecule has 47 heavy (non-hydrogen) atoms. The smallest absolute Gasteiger partial charge is 0.236 e. The van der Waals surface area contributed by atoms with Gasteiger partial charge in [0, 0.05) is 43.3 Å². The van der Waals surface area contributed by atoms with Gasteiger partial charge in [0.25, 0.3) is 0 Å². The number of rotatable bonds is 2. The van der Waals surface area contributed by atoms with Gasteiger partial charge in [-0.25, -0.2) is 9.97 Å². The molecule has 5 aromatic heterocycles. The summed E-state index contributed by atoms with van der Waals surface area (Å²) in [5.41, 5.74) is 9.00. The molecule has 0 aliphatic carbocycles. The Morgan fingerprint density at radius 3 is 1.87 bits per heavy atom. The van der Waals surface area contributed by atoms with Crippen LogP contribution in [0.25, 0.3) is 99.2 Å². The zero-order chi connectivity index (χ0) is 30.6. The summed E-state index contributed by atoms with van der Waals surface area (Å²) in [5.74, 6) is 0.638. The first-order chi connectivity index (χ1) is 23.3. The fourth-order valence-electron chi connectivity index (χ4n) is 7.67. The largest absolute Gasteiger partial charge is 0.456 e. The molecule has 0 radical (unpaired) electrons. The first-order valence-electron chi connectivity index (χ1n) is 15.8. The van der Waals surface area contributed by atoms with E-state index < -0.39 is 0 Å². The van der Waals surface area contributed by atoms with Gasteiger partial charge in [-0.05, 0) is 53.9 Å². The third kappa shape index (κ3) is 3.32. The molecular weight excluding hydrogens is 576 g/mol. The van der Waals surface area contributed by atoms with Crippen LogP contribution in [0.5, 0.6) is 0 Å². The molecule has 6 aromatic carbocycles. The fourth-order valence-corrected chi connectivity index (χ4v) is 7.67. The number of aromatic nitrogens is 4. The lowest BCUT2D eigenvalue weighted by Gasteiger charge is -2.14. The summed E-state index contributed by atoms with van der Waals surface area (Å²) in [6.07, 6.45) is 0. The van der Waals surface area contributed by atoms with E-state index in [1.807, 2.05) is 18.2 Å². The highest BCUT2D eigenvalue weighted by Crippen LogP contribution is 2.40. The lowest BCUT2D eigenvalue weighted by atomic mass is 10.0. The minimum atomic E-state index is 0.638. The molecule has 218 valence electrons.